The lowest BCUT2D eigenvalue weighted by Gasteiger charge is -2.21. The van der Waals surface area contributed by atoms with Crippen LogP contribution in [0.4, 0.5) is 20.6 Å². The molecular formula is C16H24FN3O2. The van der Waals surface area contributed by atoms with Gasteiger partial charge in [-0.1, -0.05) is 0 Å². The third-order valence-corrected chi connectivity index (χ3v) is 3.32. The van der Waals surface area contributed by atoms with E-state index in [1.807, 2.05) is 0 Å². The molecule has 1 unspecified atom stereocenters. The van der Waals surface area contributed by atoms with E-state index in [4.69, 9.17) is 4.74 Å². The molecule has 0 bridgehead atoms. The van der Waals surface area contributed by atoms with E-state index in [2.05, 4.69) is 16.0 Å². The minimum atomic E-state index is -0.578. The summed E-state index contributed by atoms with van der Waals surface area (Å²) in [5, 5.41) is 9.21. The van der Waals surface area contributed by atoms with Crippen molar-refractivity contribution in [2.45, 2.75) is 45.3 Å². The zero-order valence-corrected chi connectivity index (χ0v) is 13.3. The van der Waals surface area contributed by atoms with E-state index in [0.717, 1.165) is 19.4 Å². The van der Waals surface area contributed by atoms with Gasteiger partial charge in [0.05, 0.1) is 11.4 Å². The summed E-state index contributed by atoms with van der Waals surface area (Å²) >= 11 is 0. The lowest BCUT2D eigenvalue weighted by Crippen LogP contribution is -2.30. The van der Waals surface area contributed by atoms with Gasteiger partial charge in [-0.25, -0.2) is 9.18 Å². The highest BCUT2D eigenvalue weighted by molar-refractivity contribution is 5.89. The van der Waals surface area contributed by atoms with Crippen LogP contribution < -0.4 is 16.0 Å². The molecule has 22 heavy (non-hydrogen) atoms. The molecule has 1 fully saturated rings. The molecule has 1 atom stereocenters. The first-order valence-corrected chi connectivity index (χ1v) is 7.60. The number of carbonyl (C=O) groups excluding carboxylic acids is 1. The number of anilines is 2. The largest absolute Gasteiger partial charge is 0.444 e. The molecule has 1 heterocycles. The highest BCUT2D eigenvalue weighted by Crippen LogP contribution is 2.24. The second-order valence-electron chi connectivity index (χ2n) is 6.49. The van der Waals surface area contributed by atoms with E-state index in [1.54, 1.807) is 20.8 Å². The number of hydrogen-bond donors (Lipinski definition) is 3. The predicted molar refractivity (Wildman–Crippen MR) is 85.8 cm³/mol. The number of carbonyl (C=O) groups is 1. The van der Waals surface area contributed by atoms with Gasteiger partial charge in [0.1, 0.15) is 11.4 Å². The van der Waals surface area contributed by atoms with Crippen LogP contribution in [0.15, 0.2) is 18.2 Å². The number of amides is 1. The van der Waals surface area contributed by atoms with Gasteiger partial charge >= 0.3 is 6.09 Å². The summed E-state index contributed by atoms with van der Waals surface area (Å²) in [6.45, 7) is 7.08. The molecule has 6 heteroatoms. The summed E-state index contributed by atoms with van der Waals surface area (Å²) in [5.74, 6) is -0.350. The number of halogens is 1. The minimum Gasteiger partial charge on any atom is -0.444 e. The average Bonchev–Trinajstić information content (AvgIpc) is 2.90. The fourth-order valence-corrected chi connectivity index (χ4v) is 2.35. The van der Waals surface area contributed by atoms with Crippen LogP contribution in [0.2, 0.25) is 0 Å². The summed E-state index contributed by atoms with van der Waals surface area (Å²) in [7, 11) is 0. The van der Waals surface area contributed by atoms with Crippen molar-refractivity contribution in [2.24, 2.45) is 0 Å². The second kappa shape index (κ2) is 6.96. The van der Waals surface area contributed by atoms with Gasteiger partial charge in [0, 0.05) is 12.6 Å². The molecule has 1 aliphatic heterocycles. The summed E-state index contributed by atoms with van der Waals surface area (Å²) in [5.41, 5.74) is 0.485. The summed E-state index contributed by atoms with van der Waals surface area (Å²) in [4.78, 5) is 11.9. The topological polar surface area (TPSA) is 62.4 Å². The van der Waals surface area contributed by atoms with E-state index < -0.39 is 11.7 Å². The van der Waals surface area contributed by atoms with Crippen molar-refractivity contribution in [3.05, 3.63) is 24.0 Å². The van der Waals surface area contributed by atoms with Crippen molar-refractivity contribution in [3.63, 3.8) is 0 Å². The van der Waals surface area contributed by atoms with Gasteiger partial charge in [-0.15, -0.1) is 0 Å². The van der Waals surface area contributed by atoms with Crippen molar-refractivity contribution in [3.8, 4) is 0 Å². The quantitative estimate of drug-likeness (QED) is 0.798. The van der Waals surface area contributed by atoms with E-state index >= 15 is 0 Å². The Morgan fingerprint density at radius 2 is 2.18 bits per heavy atom. The Hall–Kier alpha value is -1.82. The molecule has 1 saturated heterocycles. The molecule has 1 aromatic carbocycles. The van der Waals surface area contributed by atoms with Crippen LogP contribution in [0, 0.1) is 5.82 Å². The molecule has 5 nitrogen and oxygen atoms in total. The van der Waals surface area contributed by atoms with Gasteiger partial charge in [0.25, 0.3) is 0 Å². The molecule has 1 aliphatic rings. The molecule has 1 aromatic rings. The third kappa shape index (κ3) is 5.18. The third-order valence-electron chi connectivity index (χ3n) is 3.32. The Kier molecular flexibility index (Phi) is 5.24. The average molecular weight is 309 g/mol. The van der Waals surface area contributed by atoms with E-state index in [-0.39, 0.29) is 5.82 Å². The Bertz CT molecular complexity index is 523. The molecule has 2 rings (SSSR count). The standard InChI is InChI=1S/C16H24FN3O2/c1-16(2,3)22-15(21)20-13-7-6-11(17)9-14(13)19-10-12-5-4-8-18-12/h6-7,9,12,18-19H,4-5,8,10H2,1-3H3,(H,20,21). The highest BCUT2D eigenvalue weighted by atomic mass is 19.1. The second-order valence-corrected chi connectivity index (χ2v) is 6.49. The maximum atomic E-state index is 13.5. The summed E-state index contributed by atoms with van der Waals surface area (Å²) < 4.78 is 18.7. The van der Waals surface area contributed by atoms with Crippen LogP contribution in [0.25, 0.3) is 0 Å². The molecule has 0 saturated carbocycles. The van der Waals surface area contributed by atoms with Crippen LogP contribution in [-0.4, -0.2) is 30.8 Å². The van der Waals surface area contributed by atoms with Crippen LogP contribution in [0.1, 0.15) is 33.6 Å². The van der Waals surface area contributed by atoms with Crippen LogP contribution in [0.5, 0.6) is 0 Å². The Balaban J connectivity index is 2.01. The van der Waals surface area contributed by atoms with Crippen LogP contribution >= 0.6 is 0 Å². The number of ether oxygens (including phenoxy) is 1. The van der Waals surface area contributed by atoms with Crippen molar-refractivity contribution in [2.75, 3.05) is 23.7 Å². The summed E-state index contributed by atoms with van der Waals surface area (Å²) in [6, 6.07) is 4.59. The van der Waals surface area contributed by atoms with Crippen molar-refractivity contribution in [1.82, 2.24) is 5.32 Å². The van der Waals surface area contributed by atoms with Gasteiger partial charge in [0.15, 0.2) is 0 Å². The summed E-state index contributed by atoms with van der Waals surface area (Å²) in [6.07, 6.45) is 1.69. The number of rotatable bonds is 4. The number of hydrogen-bond acceptors (Lipinski definition) is 4. The van der Waals surface area contributed by atoms with Crippen LogP contribution in [-0.2, 0) is 4.74 Å². The van der Waals surface area contributed by atoms with E-state index in [1.165, 1.54) is 18.2 Å². The fraction of sp³-hybridized carbons (Fsp3) is 0.562. The normalized spacial score (nSPS) is 18.1. The molecule has 0 aliphatic carbocycles. The van der Waals surface area contributed by atoms with E-state index in [9.17, 15) is 9.18 Å². The van der Waals surface area contributed by atoms with E-state index in [0.29, 0.717) is 24.0 Å². The Labute approximate surface area is 130 Å². The zero-order chi connectivity index (χ0) is 16.2. The Morgan fingerprint density at radius 3 is 2.82 bits per heavy atom. The molecule has 3 N–H and O–H groups in total. The fourth-order valence-electron chi connectivity index (χ4n) is 2.35. The molecule has 0 spiro atoms. The van der Waals surface area contributed by atoms with Gasteiger partial charge in [-0.2, -0.15) is 0 Å². The molecule has 1 amide bonds. The first-order chi connectivity index (χ1) is 10.3. The maximum Gasteiger partial charge on any atom is 0.412 e. The van der Waals surface area contributed by atoms with Crippen LogP contribution in [0.3, 0.4) is 0 Å². The number of benzene rings is 1. The van der Waals surface area contributed by atoms with Gasteiger partial charge in [0.2, 0.25) is 0 Å². The van der Waals surface area contributed by atoms with Gasteiger partial charge < -0.3 is 15.4 Å². The zero-order valence-electron chi connectivity index (χ0n) is 13.3. The Morgan fingerprint density at radius 1 is 1.41 bits per heavy atom. The lowest BCUT2D eigenvalue weighted by atomic mass is 10.2. The molecule has 0 aromatic heterocycles. The first kappa shape index (κ1) is 16.5. The predicted octanol–water partition coefficient (Wildman–Crippen LogP) is 3.34. The molecular weight excluding hydrogens is 285 g/mol. The monoisotopic (exact) mass is 309 g/mol. The maximum absolute atomic E-state index is 13.5. The highest BCUT2D eigenvalue weighted by Gasteiger charge is 2.18. The smallest absolute Gasteiger partial charge is 0.412 e. The first-order valence-electron chi connectivity index (χ1n) is 7.60. The minimum absolute atomic E-state index is 0.350. The van der Waals surface area contributed by atoms with Crippen molar-refractivity contribution >= 4 is 17.5 Å². The van der Waals surface area contributed by atoms with Crippen molar-refractivity contribution < 1.29 is 13.9 Å². The van der Waals surface area contributed by atoms with Crippen molar-refractivity contribution in [1.29, 1.82) is 0 Å². The number of nitrogens with one attached hydrogen (secondary N) is 3. The molecule has 0 radical (unpaired) electrons. The SMILES string of the molecule is CC(C)(C)OC(=O)Nc1ccc(F)cc1NCC1CCCN1. The molecule has 122 valence electrons. The van der Waals surface area contributed by atoms with Gasteiger partial charge in [-0.05, 0) is 58.4 Å². The lowest BCUT2D eigenvalue weighted by molar-refractivity contribution is 0.0636. The van der Waals surface area contributed by atoms with Gasteiger partial charge in [-0.3, -0.25) is 5.32 Å².